The summed E-state index contributed by atoms with van der Waals surface area (Å²) in [4.78, 5) is 0. The minimum Gasteiger partial charge on any atom is -0.618 e. The van der Waals surface area contributed by atoms with Crippen LogP contribution in [0.25, 0.3) is 0 Å². The number of alkyl halides is 3. The summed E-state index contributed by atoms with van der Waals surface area (Å²) in [6, 6.07) is 2.13. The molecule has 1 aromatic heterocycles. The zero-order valence-electron chi connectivity index (χ0n) is 6.22. The fraction of sp³-hybridized carbons (Fsp3) is 0.286. The van der Waals surface area contributed by atoms with Crippen molar-refractivity contribution in [2.45, 2.75) is 13.1 Å². The third kappa shape index (κ3) is 1.66. The maximum Gasteiger partial charge on any atom is 0.478 e. The van der Waals surface area contributed by atoms with Gasteiger partial charge in [0.1, 0.15) is 0 Å². The van der Waals surface area contributed by atoms with Crippen molar-refractivity contribution in [3.8, 4) is 0 Å². The number of hydrogen-bond acceptors (Lipinski definition) is 1. The highest BCUT2D eigenvalue weighted by molar-refractivity contribution is 5.12. The third-order valence-electron chi connectivity index (χ3n) is 1.37. The Kier molecular flexibility index (Phi) is 1.95. The van der Waals surface area contributed by atoms with Crippen LogP contribution >= 0.6 is 0 Å². The Morgan fingerprint density at radius 2 is 2.00 bits per heavy atom. The smallest absolute Gasteiger partial charge is 0.478 e. The van der Waals surface area contributed by atoms with Gasteiger partial charge in [0, 0.05) is 12.1 Å². The first-order valence-electron chi connectivity index (χ1n) is 3.18. The second-order valence-electron chi connectivity index (χ2n) is 2.41. The number of halogens is 3. The average Bonchev–Trinajstić information content (AvgIpc) is 1.92. The molecule has 0 atom stereocenters. The Hall–Kier alpha value is -1.26. The van der Waals surface area contributed by atoms with Crippen LogP contribution in [0.1, 0.15) is 11.3 Å². The van der Waals surface area contributed by atoms with Crippen molar-refractivity contribution in [2.24, 2.45) is 0 Å². The third-order valence-corrected chi connectivity index (χ3v) is 1.37. The van der Waals surface area contributed by atoms with E-state index in [2.05, 4.69) is 0 Å². The van der Waals surface area contributed by atoms with Crippen LogP contribution in [0.5, 0.6) is 0 Å². The molecule has 0 spiro atoms. The summed E-state index contributed by atoms with van der Waals surface area (Å²) in [6.07, 6.45) is -3.73. The molecule has 12 heavy (non-hydrogen) atoms. The zero-order valence-corrected chi connectivity index (χ0v) is 6.22. The average molecular weight is 177 g/mol. The van der Waals surface area contributed by atoms with Crippen molar-refractivity contribution < 1.29 is 17.9 Å². The molecule has 0 aliphatic rings. The number of rotatable bonds is 0. The minimum atomic E-state index is -4.58. The summed E-state index contributed by atoms with van der Waals surface area (Å²) < 4.78 is 35.8. The Labute approximate surface area is 66.8 Å². The van der Waals surface area contributed by atoms with Gasteiger partial charge in [0.25, 0.3) is 5.69 Å². The molecule has 1 rings (SSSR count). The molecule has 0 saturated carbocycles. The van der Waals surface area contributed by atoms with Gasteiger partial charge in [0.05, 0.1) is 0 Å². The van der Waals surface area contributed by atoms with Crippen LogP contribution in [0.4, 0.5) is 13.2 Å². The highest BCUT2D eigenvalue weighted by atomic mass is 19.4. The summed E-state index contributed by atoms with van der Waals surface area (Å²) >= 11 is 0. The van der Waals surface area contributed by atoms with E-state index in [9.17, 15) is 18.4 Å². The molecule has 0 fully saturated rings. The molecule has 0 radical (unpaired) electrons. The van der Waals surface area contributed by atoms with Gasteiger partial charge in [-0.05, 0) is 12.5 Å². The number of pyridine rings is 1. The van der Waals surface area contributed by atoms with E-state index in [1.54, 1.807) is 0 Å². The van der Waals surface area contributed by atoms with Gasteiger partial charge in [-0.15, -0.1) is 0 Å². The summed E-state index contributed by atoms with van der Waals surface area (Å²) in [5.74, 6) is 0. The molecule has 2 nitrogen and oxygen atoms in total. The van der Waals surface area contributed by atoms with E-state index in [4.69, 9.17) is 0 Å². The van der Waals surface area contributed by atoms with Crippen molar-refractivity contribution in [3.63, 3.8) is 0 Å². The molecule has 0 aliphatic heterocycles. The van der Waals surface area contributed by atoms with Crippen molar-refractivity contribution in [1.82, 2.24) is 0 Å². The fourth-order valence-electron chi connectivity index (χ4n) is 0.800. The van der Waals surface area contributed by atoms with Crippen molar-refractivity contribution in [2.75, 3.05) is 0 Å². The molecule has 0 aromatic carbocycles. The summed E-state index contributed by atoms with van der Waals surface area (Å²) in [5.41, 5.74) is -0.767. The Morgan fingerprint density at radius 1 is 1.42 bits per heavy atom. The van der Waals surface area contributed by atoms with Gasteiger partial charge < -0.3 is 5.21 Å². The van der Waals surface area contributed by atoms with Crippen LogP contribution in [-0.4, -0.2) is 0 Å². The fourth-order valence-corrected chi connectivity index (χ4v) is 0.800. The standard InChI is InChI=1S/C7H6F3NO/c1-5-2-3-11(12)6(4-5)7(8,9)10/h2-4H,1H3. The Bertz CT molecular complexity index is 295. The van der Waals surface area contributed by atoms with E-state index < -0.39 is 11.9 Å². The Morgan fingerprint density at radius 3 is 2.42 bits per heavy atom. The van der Waals surface area contributed by atoms with Crippen molar-refractivity contribution >= 4 is 0 Å². The predicted octanol–water partition coefficient (Wildman–Crippen LogP) is 1.65. The van der Waals surface area contributed by atoms with Crippen LogP contribution in [0.3, 0.4) is 0 Å². The minimum absolute atomic E-state index is 0.188. The van der Waals surface area contributed by atoms with E-state index in [1.807, 2.05) is 0 Å². The molecule has 0 unspecified atom stereocenters. The van der Waals surface area contributed by atoms with Gasteiger partial charge in [0.2, 0.25) is 0 Å². The first-order chi connectivity index (χ1) is 5.41. The van der Waals surface area contributed by atoms with Crippen LogP contribution in [-0.2, 0) is 6.18 Å². The Balaban J connectivity index is 3.23. The molecule has 0 amide bonds. The number of aryl methyl sites for hydroxylation is 1. The van der Waals surface area contributed by atoms with Crippen LogP contribution in [0.2, 0.25) is 0 Å². The molecule has 0 N–H and O–H groups in total. The maximum absolute atomic E-state index is 12.0. The van der Waals surface area contributed by atoms with Crippen LogP contribution in [0, 0.1) is 12.1 Å². The summed E-state index contributed by atoms with van der Waals surface area (Å²) in [7, 11) is 0. The van der Waals surface area contributed by atoms with Gasteiger partial charge in [-0.3, -0.25) is 0 Å². The molecule has 66 valence electrons. The molecule has 0 aliphatic carbocycles. The first kappa shape index (κ1) is 8.83. The van der Waals surface area contributed by atoms with Crippen molar-refractivity contribution in [3.05, 3.63) is 34.8 Å². The van der Waals surface area contributed by atoms with Crippen molar-refractivity contribution in [1.29, 1.82) is 0 Å². The molecule has 1 heterocycles. The van der Waals surface area contributed by atoms with Gasteiger partial charge >= 0.3 is 6.18 Å². The molecular formula is C7H6F3NO. The van der Waals surface area contributed by atoms with Crippen LogP contribution < -0.4 is 4.73 Å². The maximum atomic E-state index is 12.0. The van der Waals surface area contributed by atoms with Crippen LogP contribution in [0.15, 0.2) is 18.3 Å². The molecule has 5 heteroatoms. The lowest BCUT2D eigenvalue weighted by atomic mass is 10.2. The quantitative estimate of drug-likeness (QED) is 0.437. The highest BCUT2D eigenvalue weighted by Crippen LogP contribution is 2.26. The highest BCUT2D eigenvalue weighted by Gasteiger charge is 2.39. The largest absolute Gasteiger partial charge is 0.618 e. The van der Waals surface area contributed by atoms with E-state index in [1.165, 1.54) is 13.0 Å². The molecule has 0 saturated heterocycles. The molecule has 0 bridgehead atoms. The first-order valence-corrected chi connectivity index (χ1v) is 3.18. The zero-order chi connectivity index (χ0) is 9.35. The lowest BCUT2D eigenvalue weighted by Crippen LogP contribution is -2.36. The second-order valence-corrected chi connectivity index (χ2v) is 2.41. The topological polar surface area (TPSA) is 26.9 Å². The summed E-state index contributed by atoms with van der Waals surface area (Å²) in [6.45, 7) is 1.50. The second kappa shape index (κ2) is 2.66. The van der Waals surface area contributed by atoms with E-state index in [0.29, 0.717) is 5.56 Å². The van der Waals surface area contributed by atoms with E-state index >= 15 is 0 Å². The van der Waals surface area contributed by atoms with E-state index in [-0.39, 0.29) is 4.73 Å². The number of aromatic nitrogens is 1. The SMILES string of the molecule is Cc1cc[n+]([O-])c(C(F)(F)F)c1. The predicted molar refractivity (Wildman–Crippen MR) is 35.1 cm³/mol. The van der Waals surface area contributed by atoms with E-state index in [0.717, 1.165) is 12.3 Å². The van der Waals surface area contributed by atoms with Gasteiger partial charge in [-0.1, -0.05) is 0 Å². The lowest BCUT2D eigenvalue weighted by Gasteiger charge is -2.07. The number of nitrogens with zero attached hydrogens (tertiary/aromatic N) is 1. The normalized spacial score (nSPS) is 11.7. The van der Waals surface area contributed by atoms with Gasteiger partial charge in [-0.25, -0.2) is 0 Å². The van der Waals surface area contributed by atoms with Gasteiger partial charge in [-0.2, -0.15) is 17.9 Å². The monoisotopic (exact) mass is 177 g/mol. The number of hydrogen-bond donors (Lipinski definition) is 0. The summed E-state index contributed by atoms with van der Waals surface area (Å²) in [5, 5.41) is 10.6. The van der Waals surface area contributed by atoms with Gasteiger partial charge in [0.15, 0.2) is 6.20 Å². The molecule has 1 aromatic rings. The lowest BCUT2D eigenvalue weighted by molar-refractivity contribution is -0.629. The molecular weight excluding hydrogens is 171 g/mol.